The summed E-state index contributed by atoms with van der Waals surface area (Å²) in [4.78, 5) is 13.4. The third-order valence-corrected chi connectivity index (χ3v) is 11.4. The van der Waals surface area contributed by atoms with Gasteiger partial charge in [-0.15, -0.1) is 0 Å². The lowest BCUT2D eigenvalue weighted by Crippen LogP contribution is -2.64. The molecule has 3 nitrogen and oxygen atoms in total. The van der Waals surface area contributed by atoms with Gasteiger partial charge >= 0.3 is 0 Å². The van der Waals surface area contributed by atoms with Gasteiger partial charge in [0.2, 0.25) is 0 Å². The lowest BCUT2D eigenvalue weighted by Gasteiger charge is -2.68. The molecule has 0 aromatic rings. The summed E-state index contributed by atoms with van der Waals surface area (Å²) in [6.45, 7) is 16.3. The molecule has 2 N–H and O–H groups in total. The average molecular weight is 441 g/mol. The van der Waals surface area contributed by atoms with Crippen molar-refractivity contribution in [3.63, 3.8) is 0 Å². The summed E-state index contributed by atoms with van der Waals surface area (Å²) < 4.78 is 0. The van der Waals surface area contributed by atoms with E-state index in [1.807, 2.05) is 0 Å². The summed E-state index contributed by atoms with van der Waals surface area (Å²) >= 11 is 0. The number of hydrogen-bond acceptors (Lipinski definition) is 3. The van der Waals surface area contributed by atoms with E-state index in [0.29, 0.717) is 18.3 Å². The number of aliphatic hydroxyl groups excluding tert-OH is 2. The van der Waals surface area contributed by atoms with Crippen molar-refractivity contribution < 1.29 is 15.0 Å². The molecule has 5 rings (SSSR count). The Bertz CT molecular complexity index is 923. The van der Waals surface area contributed by atoms with Crippen LogP contribution in [0.3, 0.4) is 0 Å². The fraction of sp³-hybridized carbons (Fsp3) is 0.828. The molecule has 32 heavy (non-hydrogen) atoms. The Kier molecular flexibility index (Phi) is 4.71. The van der Waals surface area contributed by atoms with E-state index in [0.717, 1.165) is 50.5 Å². The van der Waals surface area contributed by atoms with Gasteiger partial charge in [0.15, 0.2) is 5.78 Å². The highest BCUT2D eigenvalue weighted by atomic mass is 16.3. The van der Waals surface area contributed by atoms with Gasteiger partial charge in [0.05, 0.1) is 12.2 Å². The van der Waals surface area contributed by atoms with Crippen LogP contribution in [0.1, 0.15) is 99.8 Å². The number of rotatable bonds is 0. The van der Waals surface area contributed by atoms with Crippen molar-refractivity contribution in [3.8, 4) is 0 Å². The molecule has 5 aliphatic rings. The summed E-state index contributed by atoms with van der Waals surface area (Å²) in [6.07, 6.45) is 8.84. The van der Waals surface area contributed by atoms with Crippen molar-refractivity contribution in [2.75, 3.05) is 0 Å². The van der Waals surface area contributed by atoms with Gasteiger partial charge in [-0.1, -0.05) is 59.6 Å². The highest BCUT2D eigenvalue weighted by Crippen LogP contribution is 2.72. The third-order valence-electron chi connectivity index (χ3n) is 11.4. The second kappa shape index (κ2) is 6.60. The Morgan fingerprint density at radius 2 is 1.56 bits per heavy atom. The molecule has 3 fully saturated rings. The van der Waals surface area contributed by atoms with E-state index < -0.39 is 12.2 Å². The maximum atomic E-state index is 13.4. The minimum atomic E-state index is -0.669. The van der Waals surface area contributed by atoms with Crippen LogP contribution in [-0.2, 0) is 4.79 Å². The summed E-state index contributed by atoms with van der Waals surface area (Å²) in [5.74, 6) is 1.09. The van der Waals surface area contributed by atoms with Crippen molar-refractivity contribution >= 4 is 5.78 Å². The summed E-state index contributed by atoms with van der Waals surface area (Å²) in [6, 6.07) is 0. The quantitative estimate of drug-likeness (QED) is 0.486. The van der Waals surface area contributed by atoms with Crippen molar-refractivity contribution in [1.29, 1.82) is 0 Å². The molecular formula is C29H44O3. The number of aliphatic hydroxyl groups is 2. The predicted molar refractivity (Wildman–Crippen MR) is 128 cm³/mol. The first kappa shape index (κ1) is 22.8. The first-order chi connectivity index (χ1) is 14.7. The zero-order valence-corrected chi connectivity index (χ0v) is 21.3. The number of fused-ring (bicyclic) bond motifs is 6. The fourth-order valence-corrected chi connectivity index (χ4v) is 9.80. The minimum absolute atomic E-state index is 0.00229. The van der Waals surface area contributed by atoms with E-state index in [2.05, 4.69) is 54.5 Å². The Hall–Kier alpha value is -0.930. The number of hydrogen-bond donors (Lipinski definition) is 2. The SMILES string of the molecule is CC1(C)CCC2=C(C1)C1(C)CCC3C(C)(CCC4C(C)(C)C(O)C(O)CC34C)C1=CC2=O. The molecule has 0 saturated heterocycles. The van der Waals surface area contributed by atoms with E-state index in [-0.39, 0.29) is 32.9 Å². The number of carbonyl (C=O) groups excluding carboxylic acids is 1. The minimum Gasteiger partial charge on any atom is -0.390 e. The van der Waals surface area contributed by atoms with E-state index in [1.165, 1.54) is 11.1 Å². The first-order valence-corrected chi connectivity index (χ1v) is 13.0. The van der Waals surface area contributed by atoms with Crippen molar-refractivity contribution in [2.45, 2.75) is 112 Å². The van der Waals surface area contributed by atoms with Gasteiger partial charge in [0.25, 0.3) is 0 Å². The lowest BCUT2D eigenvalue weighted by atomic mass is 9.36. The lowest BCUT2D eigenvalue weighted by molar-refractivity contribution is -0.213. The average Bonchev–Trinajstić information content (AvgIpc) is 2.67. The largest absolute Gasteiger partial charge is 0.390 e. The molecule has 7 atom stereocenters. The van der Waals surface area contributed by atoms with Crippen molar-refractivity contribution in [1.82, 2.24) is 0 Å². The van der Waals surface area contributed by atoms with Crippen LogP contribution in [-0.4, -0.2) is 28.2 Å². The molecule has 178 valence electrons. The smallest absolute Gasteiger partial charge is 0.181 e. The molecule has 7 unspecified atom stereocenters. The number of ketones is 1. The number of carbonyl (C=O) groups is 1. The van der Waals surface area contributed by atoms with Crippen molar-refractivity contribution in [3.05, 3.63) is 22.8 Å². The molecule has 0 spiro atoms. The Labute approximate surface area is 194 Å². The van der Waals surface area contributed by atoms with Crippen molar-refractivity contribution in [2.24, 2.45) is 38.9 Å². The highest BCUT2D eigenvalue weighted by Gasteiger charge is 2.66. The maximum absolute atomic E-state index is 13.4. The predicted octanol–water partition coefficient (Wildman–Crippen LogP) is 5.99. The van der Waals surface area contributed by atoms with Gasteiger partial charge in [-0.2, -0.15) is 0 Å². The molecule has 0 aliphatic heterocycles. The van der Waals surface area contributed by atoms with Crippen LogP contribution < -0.4 is 0 Å². The molecule has 3 saturated carbocycles. The van der Waals surface area contributed by atoms with Crippen LogP contribution in [0.4, 0.5) is 0 Å². The molecular weight excluding hydrogens is 396 g/mol. The molecule has 3 heteroatoms. The van der Waals surface area contributed by atoms with E-state index in [4.69, 9.17) is 0 Å². The topological polar surface area (TPSA) is 57.5 Å². The maximum Gasteiger partial charge on any atom is 0.181 e. The molecule has 0 aromatic heterocycles. The van der Waals surface area contributed by atoms with Crippen LogP contribution in [0.5, 0.6) is 0 Å². The first-order valence-electron chi connectivity index (χ1n) is 13.0. The van der Waals surface area contributed by atoms with Crippen LogP contribution in [0.25, 0.3) is 0 Å². The molecule has 5 aliphatic carbocycles. The second-order valence-electron chi connectivity index (χ2n) is 14.2. The van der Waals surface area contributed by atoms with Gasteiger partial charge in [-0.3, -0.25) is 4.79 Å². The van der Waals surface area contributed by atoms with E-state index >= 15 is 0 Å². The van der Waals surface area contributed by atoms with Gasteiger partial charge in [-0.05, 0) is 96.5 Å². The second-order valence-corrected chi connectivity index (χ2v) is 14.2. The van der Waals surface area contributed by atoms with Crippen LogP contribution in [0, 0.1) is 38.9 Å². The zero-order chi connectivity index (χ0) is 23.5. The monoisotopic (exact) mass is 440 g/mol. The standard InChI is InChI=1S/C29H44O3/c1-25(2)11-8-17-18(15-25)27(5)12-10-22-28(6,23(27)14-19(17)30)13-9-21-26(3,4)24(32)20(31)16-29(21,22)7/h14,20-22,24,31-32H,8-13,15-16H2,1-7H3. The third kappa shape index (κ3) is 2.76. The Morgan fingerprint density at radius 1 is 0.906 bits per heavy atom. The molecule has 0 bridgehead atoms. The van der Waals surface area contributed by atoms with Gasteiger partial charge < -0.3 is 10.2 Å². The molecule has 0 radical (unpaired) electrons. The summed E-state index contributed by atoms with van der Waals surface area (Å²) in [5.41, 5.74) is 3.87. The van der Waals surface area contributed by atoms with Crippen LogP contribution in [0.2, 0.25) is 0 Å². The van der Waals surface area contributed by atoms with Gasteiger partial charge in [0, 0.05) is 5.41 Å². The summed E-state index contributed by atoms with van der Waals surface area (Å²) in [7, 11) is 0. The fourth-order valence-electron chi connectivity index (χ4n) is 9.80. The van der Waals surface area contributed by atoms with Gasteiger partial charge in [0.1, 0.15) is 0 Å². The normalized spacial score (nSPS) is 49.4. The highest BCUT2D eigenvalue weighted by molar-refractivity contribution is 6.07. The van der Waals surface area contributed by atoms with Crippen LogP contribution >= 0.6 is 0 Å². The van der Waals surface area contributed by atoms with Gasteiger partial charge in [-0.25, -0.2) is 0 Å². The Morgan fingerprint density at radius 3 is 2.25 bits per heavy atom. The number of allylic oxidation sites excluding steroid dienone is 4. The molecule has 0 aromatic carbocycles. The van der Waals surface area contributed by atoms with E-state index in [1.54, 1.807) is 0 Å². The molecule has 0 amide bonds. The van der Waals surface area contributed by atoms with E-state index in [9.17, 15) is 15.0 Å². The zero-order valence-electron chi connectivity index (χ0n) is 21.3. The summed E-state index contributed by atoms with van der Waals surface area (Å²) in [5, 5.41) is 21.8. The van der Waals surface area contributed by atoms with Crippen LogP contribution in [0.15, 0.2) is 22.8 Å². The molecule has 0 heterocycles. The Balaban J connectivity index is 1.59.